The average molecular weight is 318 g/mol. The SMILES string of the molecule is Cc1oc2c(NC(=O)c3c(F)cccc3Cl)cccc2c1C. The highest BCUT2D eigenvalue weighted by atomic mass is 35.5. The van der Waals surface area contributed by atoms with Crippen molar-refractivity contribution in [2.45, 2.75) is 13.8 Å². The quantitative estimate of drug-likeness (QED) is 0.715. The molecule has 1 aromatic heterocycles. The number of para-hydroxylation sites is 1. The Labute approximate surface area is 131 Å². The zero-order chi connectivity index (χ0) is 15.9. The third kappa shape index (κ3) is 2.35. The molecule has 0 aliphatic carbocycles. The lowest BCUT2D eigenvalue weighted by molar-refractivity contribution is 0.102. The molecule has 0 bridgehead atoms. The first-order valence-corrected chi connectivity index (χ1v) is 7.11. The Morgan fingerprint density at radius 3 is 2.64 bits per heavy atom. The number of aryl methyl sites for hydroxylation is 2. The van der Waals surface area contributed by atoms with E-state index in [4.69, 9.17) is 16.0 Å². The number of hydrogen-bond donors (Lipinski definition) is 1. The van der Waals surface area contributed by atoms with E-state index in [9.17, 15) is 9.18 Å². The van der Waals surface area contributed by atoms with Crippen LogP contribution in [0.1, 0.15) is 21.7 Å². The minimum Gasteiger partial charge on any atom is -0.459 e. The van der Waals surface area contributed by atoms with Crippen LogP contribution in [0.25, 0.3) is 11.0 Å². The first kappa shape index (κ1) is 14.6. The van der Waals surface area contributed by atoms with Crippen molar-refractivity contribution >= 4 is 34.2 Å². The molecular formula is C17H13ClFNO2. The van der Waals surface area contributed by atoms with E-state index in [-0.39, 0.29) is 10.6 Å². The second-order valence-electron chi connectivity index (χ2n) is 5.02. The molecule has 1 amide bonds. The van der Waals surface area contributed by atoms with Crippen molar-refractivity contribution in [1.29, 1.82) is 0 Å². The molecule has 3 nitrogen and oxygen atoms in total. The van der Waals surface area contributed by atoms with Crippen molar-refractivity contribution in [3.05, 3.63) is 64.1 Å². The van der Waals surface area contributed by atoms with E-state index in [0.717, 1.165) is 16.7 Å². The minimum atomic E-state index is -0.663. The van der Waals surface area contributed by atoms with Crippen LogP contribution in [0, 0.1) is 19.7 Å². The van der Waals surface area contributed by atoms with Crippen molar-refractivity contribution in [2.24, 2.45) is 0 Å². The van der Waals surface area contributed by atoms with Crippen LogP contribution in [0.5, 0.6) is 0 Å². The molecular weight excluding hydrogens is 305 g/mol. The Morgan fingerprint density at radius 2 is 1.91 bits per heavy atom. The summed E-state index contributed by atoms with van der Waals surface area (Å²) < 4.78 is 19.5. The number of fused-ring (bicyclic) bond motifs is 1. The van der Waals surface area contributed by atoms with Gasteiger partial charge in [0.2, 0.25) is 0 Å². The lowest BCUT2D eigenvalue weighted by Gasteiger charge is -2.08. The molecule has 0 saturated carbocycles. The first-order valence-electron chi connectivity index (χ1n) is 6.73. The predicted molar refractivity (Wildman–Crippen MR) is 85.1 cm³/mol. The third-order valence-electron chi connectivity index (χ3n) is 3.64. The molecule has 112 valence electrons. The molecule has 0 spiro atoms. The maximum atomic E-state index is 13.8. The minimum absolute atomic E-state index is 0.0662. The molecule has 2 aromatic carbocycles. The standard InChI is InChI=1S/C17H13ClFNO2/c1-9-10(2)22-16-11(9)5-3-8-14(16)20-17(21)15-12(18)6-4-7-13(15)19/h3-8H,1-2H3,(H,20,21). The summed E-state index contributed by atoms with van der Waals surface area (Å²) in [7, 11) is 0. The summed E-state index contributed by atoms with van der Waals surface area (Å²) in [5.41, 5.74) is 1.88. The van der Waals surface area contributed by atoms with Crippen LogP contribution in [0.3, 0.4) is 0 Å². The topological polar surface area (TPSA) is 42.2 Å². The second-order valence-corrected chi connectivity index (χ2v) is 5.42. The molecule has 3 aromatic rings. The highest BCUT2D eigenvalue weighted by molar-refractivity contribution is 6.34. The second kappa shape index (κ2) is 5.46. The van der Waals surface area contributed by atoms with Gasteiger partial charge in [-0.25, -0.2) is 4.39 Å². The zero-order valence-electron chi connectivity index (χ0n) is 12.0. The molecule has 0 radical (unpaired) electrons. The van der Waals surface area contributed by atoms with Crippen LogP contribution in [-0.4, -0.2) is 5.91 Å². The van der Waals surface area contributed by atoms with Crippen LogP contribution in [-0.2, 0) is 0 Å². The van der Waals surface area contributed by atoms with Gasteiger partial charge in [0.15, 0.2) is 5.58 Å². The van der Waals surface area contributed by atoms with E-state index >= 15 is 0 Å². The van der Waals surface area contributed by atoms with Crippen LogP contribution in [0.4, 0.5) is 10.1 Å². The lowest BCUT2D eigenvalue weighted by atomic mass is 10.1. The van der Waals surface area contributed by atoms with Gasteiger partial charge in [-0.3, -0.25) is 4.79 Å². The van der Waals surface area contributed by atoms with E-state index in [1.807, 2.05) is 26.0 Å². The molecule has 0 fully saturated rings. The molecule has 1 N–H and O–H groups in total. The van der Waals surface area contributed by atoms with Gasteiger partial charge in [-0.2, -0.15) is 0 Å². The van der Waals surface area contributed by atoms with Gasteiger partial charge < -0.3 is 9.73 Å². The molecule has 0 unspecified atom stereocenters. The smallest absolute Gasteiger partial charge is 0.260 e. The largest absolute Gasteiger partial charge is 0.459 e. The third-order valence-corrected chi connectivity index (χ3v) is 3.96. The van der Waals surface area contributed by atoms with E-state index < -0.39 is 11.7 Å². The number of furan rings is 1. The highest BCUT2D eigenvalue weighted by Crippen LogP contribution is 2.31. The molecule has 22 heavy (non-hydrogen) atoms. The zero-order valence-corrected chi connectivity index (χ0v) is 12.8. The summed E-state index contributed by atoms with van der Waals surface area (Å²) in [5.74, 6) is -0.494. The molecule has 1 heterocycles. The number of carbonyl (C=O) groups is 1. The Morgan fingerprint density at radius 1 is 1.18 bits per heavy atom. The molecule has 3 rings (SSSR count). The van der Waals surface area contributed by atoms with Crippen molar-refractivity contribution in [3.8, 4) is 0 Å². The highest BCUT2D eigenvalue weighted by Gasteiger charge is 2.18. The summed E-state index contributed by atoms with van der Waals surface area (Å²) in [4.78, 5) is 12.3. The summed E-state index contributed by atoms with van der Waals surface area (Å²) in [5, 5.41) is 3.64. The monoisotopic (exact) mass is 317 g/mol. The number of rotatable bonds is 2. The van der Waals surface area contributed by atoms with Gasteiger partial charge in [0.1, 0.15) is 11.6 Å². The summed E-state index contributed by atoms with van der Waals surface area (Å²) in [6, 6.07) is 9.55. The average Bonchev–Trinajstić information content (AvgIpc) is 2.76. The lowest BCUT2D eigenvalue weighted by Crippen LogP contribution is -2.14. The normalized spacial score (nSPS) is 10.9. The molecule has 5 heteroatoms. The van der Waals surface area contributed by atoms with Gasteiger partial charge in [0.05, 0.1) is 16.3 Å². The molecule has 0 aliphatic rings. The predicted octanol–water partition coefficient (Wildman–Crippen LogP) is 5.09. The Bertz CT molecular complexity index is 865. The number of anilines is 1. The van der Waals surface area contributed by atoms with Gasteiger partial charge in [-0.15, -0.1) is 0 Å². The fourth-order valence-electron chi connectivity index (χ4n) is 2.36. The van der Waals surface area contributed by atoms with Crippen LogP contribution >= 0.6 is 11.6 Å². The fourth-order valence-corrected chi connectivity index (χ4v) is 2.61. The number of carbonyl (C=O) groups excluding carboxylic acids is 1. The van der Waals surface area contributed by atoms with E-state index in [1.54, 1.807) is 6.07 Å². The fraction of sp³-hybridized carbons (Fsp3) is 0.118. The Hall–Kier alpha value is -2.33. The Balaban J connectivity index is 2.04. The first-order chi connectivity index (χ1) is 10.5. The summed E-state index contributed by atoms with van der Waals surface area (Å²) in [6.07, 6.45) is 0. The number of nitrogens with one attached hydrogen (secondary N) is 1. The van der Waals surface area contributed by atoms with Gasteiger partial charge in [0.25, 0.3) is 5.91 Å². The maximum absolute atomic E-state index is 13.8. The molecule has 0 aliphatic heterocycles. The van der Waals surface area contributed by atoms with E-state index in [2.05, 4.69) is 5.32 Å². The van der Waals surface area contributed by atoms with Crippen molar-refractivity contribution in [1.82, 2.24) is 0 Å². The van der Waals surface area contributed by atoms with E-state index in [0.29, 0.717) is 11.3 Å². The van der Waals surface area contributed by atoms with Crippen molar-refractivity contribution in [3.63, 3.8) is 0 Å². The van der Waals surface area contributed by atoms with Gasteiger partial charge in [-0.05, 0) is 37.6 Å². The van der Waals surface area contributed by atoms with Gasteiger partial charge in [-0.1, -0.05) is 29.8 Å². The number of hydrogen-bond acceptors (Lipinski definition) is 2. The van der Waals surface area contributed by atoms with Crippen LogP contribution in [0.15, 0.2) is 40.8 Å². The van der Waals surface area contributed by atoms with Crippen molar-refractivity contribution < 1.29 is 13.6 Å². The number of amides is 1. The van der Waals surface area contributed by atoms with E-state index in [1.165, 1.54) is 18.2 Å². The maximum Gasteiger partial charge on any atom is 0.260 e. The summed E-state index contributed by atoms with van der Waals surface area (Å²) in [6.45, 7) is 3.80. The van der Waals surface area contributed by atoms with Gasteiger partial charge in [0, 0.05) is 5.39 Å². The number of halogens is 2. The molecule has 0 atom stereocenters. The van der Waals surface area contributed by atoms with Crippen molar-refractivity contribution in [2.75, 3.05) is 5.32 Å². The van der Waals surface area contributed by atoms with Crippen LogP contribution in [0.2, 0.25) is 5.02 Å². The number of benzene rings is 2. The Kier molecular flexibility index (Phi) is 3.62. The van der Waals surface area contributed by atoms with Crippen LogP contribution < -0.4 is 5.32 Å². The summed E-state index contributed by atoms with van der Waals surface area (Å²) >= 11 is 5.91. The van der Waals surface area contributed by atoms with Gasteiger partial charge >= 0.3 is 0 Å². The molecule has 0 saturated heterocycles.